The average Bonchev–Trinajstić information content (AvgIpc) is 2.73. The van der Waals surface area contributed by atoms with Gasteiger partial charge in [-0.1, -0.05) is 44.6 Å². The van der Waals surface area contributed by atoms with Crippen molar-refractivity contribution in [3.05, 3.63) is 36.5 Å². The van der Waals surface area contributed by atoms with E-state index < -0.39 is 0 Å². The van der Waals surface area contributed by atoms with Crippen LogP contribution in [-0.2, 0) is 0 Å². The van der Waals surface area contributed by atoms with E-state index in [0.29, 0.717) is 17.8 Å². The first-order chi connectivity index (χ1) is 7.70. The maximum atomic E-state index is 5.26. The number of terminal acetylenes is 1. The predicted octanol–water partition coefficient (Wildman–Crippen LogP) is 2.78. The molecule has 0 bridgehead atoms. The van der Waals surface area contributed by atoms with Gasteiger partial charge in [0.2, 0.25) is 0 Å². The summed E-state index contributed by atoms with van der Waals surface area (Å²) < 4.78 is 0. The molecular weight excluding hydrogens is 194 g/mol. The van der Waals surface area contributed by atoms with Gasteiger partial charge in [0.1, 0.15) is 0 Å². The molecule has 0 amide bonds. The molecule has 1 rings (SSSR count). The fourth-order valence-corrected chi connectivity index (χ4v) is 2.35. The highest BCUT2D eigenvalue weighted by Gasteiger charge is 2.30. The topological polar surface area (TPSA) is 12.0 Å². The molecule has 2 unspecified atom stereocenters. The highest BCUT2D eigenvalue weighted by molar-refractivity contribution is 5.31. The van der Waals surface area contributed by atoms with Crippen LogP contribution in [0.15, 0.2) is 36.5 Å². The maximum absolute atomic E-state index is 5.26. The minimum absolute atomic E-state index is 0.558. The zero-order valence-electron chi connectivity index (χ0n) is 10.2. The standard InChI is InChI=1S/C15H21N/c1-5-7-9-13(8-6-2)15-11-16-10-14(15)12(3)4/h1,6-9,12,14-16H,2,10-11H2,3-4H3/b9-7-,13-8+. The van der Waals surface area contributed by atoms with Crippen LogP contribution in [-0.4, -0.2) is 13.1 Å². The minimum Gasteiger partial charge on any atom is -0.316 e. The molecule has 2 atom stereocenters. The molecule has 86 valence electrons. The van der Waals surface area contributed by atoms with E-state index >= 15 is 0 Å². The van der Waals surface area contributed by atoms with Crippen molar-refractivity contribution in [2.75, 3.05) is 13.1 Å². The third-order valence-corrected chi connectivity index (χ3v) is 3.23. The van der Waals surface area contributed by atoms with E-state index in [1.54, 1.807) is 6.08 Å². The van der Waals surface area contributed by atoms with Crippen LogP contribution < -0.4 is 5.32 Å². The van der Waals surface area contributed by atoms with Crippen molar-refractivity contribution in [1.82, 2.24) is 5.32 Å². The number of rotatable bonds is 4. The quantitative estimate of drug-likeness (QED) is 0.561. The Morgan fingerprint density at radius 1 is 1.50 bits per heavy atom. The lowest BCUT2D eigenvalue weighted by Gasteiger charge is -2.23. The number of hydrogen-bond acceptors (Lipinski definition) is 1. The first kappa shape index (κ1) is 12.8. The van der Waals surface area contributed by atoms with Crippen LogP contribution in [0.3, 0.4) is 0 Å². The van der Waals surface area contributed by atoms with Crippen molar-refractivity contribution >= 4 is 0 Å². The van der Waals surface area contributed by atoms with Gasteiger partial charge in [-0.2, -0.15) is 0 Å². The van der Waals surface area contributed by atoms with E-state index in [2.05, 4.69) is 37.7 Å². The van der Waals surface area contributed by atoms with Gasteiger partial charge in [0.25, 0.3) is 0 Å². The molecule has 0 radical (unpaired) electrons. The third-order valence-electron chi connectivity index (χ3n) is 3.23. The largest absolute Gasteiger partial charge is 0.316 e. The van der Waals surface area contributed by atoms with Crippen molar-refractivity contribution < 1.29 is 0 Å². The summed E-state index contributed by atoms with van der Waals surface area (Å²) in [6, 6.07) is 0. The Morgan fingerprint density at radius 2 is 2.25 bits per heavy atom. The number of allylic oxidation sites excluding steroid dienone is 4. The van der Waals surface area contributed by atoms with Gasteiger partial charge in [-0.15, -0.1) is 6.42 Å². The van der Waals surface area contributed by atoms with Gasteiger partial charge in [0.15, 0.2) is 0 Å². The lowest BCUT2D eigenvalue weighted by Crippen LogP contribution is -2.19. The van der Waals surface area contributed by atoms with Crippen LogP contribution in [0.4, 0.5) is 0 Å². The van der Waals surface area contributed by atoms with Gasteiger partial charge >= 0.3 is 0 Å². The molecule has 0 saturated carbocycles. The summed E-state index contributed by atoms with van der Waals surface area (Å²) in [5, 5.41) is 3.46. The fraction of sp³-hybridized carbons (Fsp3) is 0.467. The molecule has 16 heavy (non-hydrogen) atoms. The van der Waals surface area contributed by atoms with Crippen LogP contribution in [0, 0.1) is 30.1 Å². The van der Waals surface area contributed by atoms with E-state index in [0.717, 1.165) is 13.1 Å². The first-order valence-electron chi connectivity index (χ1n) is 5.86. The molecule has 0 aromatic heterocycles. The molecule has 1 N–H and O–H groups in total. The number of nitrogens with one attached hydrogen (secondary N) is 1. The van der Waals surface area contributed by atoms with Crippen molar-refractivity contribution in [2.45, 2.75) is 13.8 Å². The second kappa shape index (κ2) is 6.35. The summed E-state index contributed by atoms with van der Waals surface area (Å²) in [6.07, 6.45) is 13.0. The molecular formula is C15H21N. The van der Waals surface area contributed by atoms with Crippen molar-refractivity contribution in [1.29, 1.82) is 0 Å². The Labute approximate surface area is 99.3 Å². The van der Waals surface area contributed by atoms with E-state index in [9.17, 15) is 0 Å². The Kier molecular flexibility index (Phi) is 5.08. The summed E-state index contributed by atoms with van der Waals surface area (Å²) >= 11 is 0. The zero-order chi connectivity index (χ0) is 12.0. The van der Waals surface area contributed by atoms with Gasteiger partial charge in [-0.3, -0.25) is 0 Å². The van der Waals surface area contributed by atoms with Crippen LogP contribution in [0.25, 0.3) is 0 Å². The molecule has 1 aliphatic heterocycles. The van der Waals surface area contributed by atoms with Crippen LogP contribution in [0.2, 0.25) is 0 Å². The average molecular weight is 215 g/mol. The summed E-state index contributed by atoms with van der Waals surface area (Å²) in [6.45, 7) is 10.5. The van der Waals surface area contributed by atoms with Gasteiger partial charge < -0.3 is 5.32 Å². The van der Waals surface area contributed by atoms with Crippen molar-refractivity contribution in [2.24, 2.45) is 17.8 Å². The maximum Gasteiger partial charge on any atom is 0.00235 e. The Morgan fingerprint density at radius 3 is 2.81 bits per heavy atom. The van der Waals surface area contributed by atoms with Gasteiger partial charge in [-0.05, 0) is 30.0 Å². The normalized spacial score (nSPS) is 26.2. The van der Waals surface area contributed by atoms with Crippen LogP contribution >= 0.6 is 0 Å². The smallest absolute Gasteiger partial charge is 0.00235 e. The van der Waals surface area contributed by atoms with E-state index in [4.69, 9.17) is 6.42 Å². The van der Waals surface area contributed by atoms with Crippen LogP contribution in [0.5, 0.6) is 0 Å². The van der Waals surface area contributed by atoms with Crippen molar-refractivity contribution in [3.8, 4) is 12.3 Å². The van der Waals surface area contributed by atoms with Crippen LogP contribution in [0.1, 0.15) is 13.8 Å². The Hall–Kier alpha value is -1.26. The molecule has 1 heterocycles. The molecule has 1 heteroatoms. The van der Waals surface area contributed by atoms with Gasteiger partial charge in [-0.25, -0.2) is 0 Å². The highest BCUT2D eigenvalue weighted by atomic mass is 14.9. The van der Waals surface area contributed by atoms with E-state index in [1.165, 1.54) is 5.57 Å². The molecule has 1 aliphatic rings. The van der Waals surface area contributed by atoms with Crippen molar-refractivity contribution in [3.63, 3.8) is 0 Å². The Bertz CT molecular complexity index is 328. The lowest BCUT2D eigenvalue weighted by molar-refractivity contribution is 0.356. The molecule has 1 saturated heterocycles. The van der Waals surface area contributed by atoms with E-state index in [1.807, 2.05) is 12.2 Å². The second-order valence-electron chi connectivity index (χ2n) is 4.57. The van der Waals surface area contributed by atoms with Gasteiger partial charge in [0, 0.05) is 12.5 Å². The molecule has 0 spiro atoms. The second-order valence-corrected chi connectivity index (χ2v) is 4.57. The predicted molar refractivity (Wildman–Crippen MR) is 70.9 cm³/mol. The molecule has 0 aliphatic carbocycles. The molecule has 0 aromatic rings. The SMILES string of the molecule is C#C/C=C\C(=C/C=C)C1CNCC1C(C)C. The molecule has 1 nitrogen and oxygen atoms in total. The third kappa shape index (κ3) is 3.12. The van der Waals surface area contributed by atoms with E-state index in [-0.39, 0.29) is 0 Å². The monoisotopic (exact) mass is 215 g/mol. The highest BCUT2D eigenvalue weighted by Crippen LogP contribution is 2.30. The summed E-state index contributed by atoms with van der Waals surface area (Å²) in [4.78, 5) is 0. The molecule has 1 fully saturated rings. The summed E-state index contributed by atoms with van der Waals surface area (Å²) in [7, 11) is 0. The summed E-state index contributed by atoms with van der Waals surface area (Å²) in [5.41, 5.74) is 1.29. The lowest BCUT2D eigenvalue weighted by atomic mass is 9.81. The molecule has 0 aromatic carbocycles. The fourth-order valence-electron chi connectivity index (χ4n) is 2.35. The summed E-state index contributed by atoms with van der Waals surface area (Å²) in [5.74, 6) is 4.48. The first-order valence-corrected chi connectivity index (χ1v) is 5.86. The Balaban J connectivity index is 2.86. The zero-order valence-corrected chi connectivity index (χ0v) is 10.2. The van der Waals surface area contributed by atoms with Gasteiger partial charge in [0.05, 0.1) is 0 Å². The number of hydrogen-bond donors (Lipinski definition) is 1. The minimum atomic E-state index is 0.558.